The average molecular weight is 369 g/mol. The Kier molecular flexibility index (Phi) is 18.1. The summed E-state index contributed by atoms with van der Waals surface area (Å²) >= 11 is 4.22. The summed E-state index contributed by atoms with van der Waals surface area (Å²) in [6.45, 7) is 0. The fraction of sp³-hybridized carbons (Fsp3) is 1.00. The van der Waals surface area contributed by atoms with Crippen LogP contribution in [0.25, 0.3) is 0 Å². The van der Waals surface area contributed by atoms with E-state index in [0.29, 0.717) is 6.42 Å². The molecule has 0 rings (SSSR count). The molecule has 0 radical (unpaired) electrons. The Morgan fingerprint density at radius 2 is 0.667 bits per heavy atom. The fourth-order valence-corrected chi connectivity index (χ4v) is 3.31. The van der Waals surface area contributed by atoms with Gasteiger partial charge in [0.2, 0.25) is 0 Å². The van der Waals surface area contributed by atoms with Crippen molar-refractivity contribution in [3.63, 3.8) is 0 Å². The van der Waals surface area contributed by atoms with Gasteiger partial charge >= 0.3 is 6.18 Å². The van der Waals surface area contributed by atoms with E-state index in [2.05, 4.69) is 12.6 Å². The number of thiol groups is 1. The summed E-state index contributed by atoms with van der Waals surface area (Å²) in [4.78, 5) is 0. The molecule has 0 aromatic heterocycles. The summed E-state index contributed by atoms with van der Waals surface area (Å²) in [5, 5.41) is 0. The minimum atomic E-state index is -3.97. The first-order valence-electron chi connectivity index (χ1n) is 10.2. The molecule has 0 saturated carbocycles. The lowest BCUT2D eigenvalue weighted by Crippen LogP contribution is -2.06. The summed E-state index contributed by atoms with van der Waals surface area (Å²) < 4.78 is 35.9. The minimum Gasteiger partial charge on any atom is -0.179 e. The minimum absolute atomic E-state index is 0.304. The Hall–Kier alpha value is 0.140. The molecular formula is C20H39F3S. The molecule has 0 fully saturated rings. The van der Waals surface area contributed by atoms with Crippen LogP contribution in [0.3, 0.4) is 0 Å². The third kappa shape index (κ3) is 22.1. The van der Waals surface area contributed by atoms with Gasteiger partial charge in [-0.1, -0.05) is 96.3 Å². The van der Waals surface area contributed by atoms with Gasteiger partial charge in [-0.2, -0.15) is 25.8 Å². The first-order valence-corrected chi connectivity index (χ1v) is 10.9. The average Bonchev–Trinajstić information content (AvgIpc) is 2.52. The molecule has 0 bridgehead atoms. The van der Waals surface area contributed by atoms with Gasteiger partial charge in [-0.25, -0.2) is 0 Å². The zero-order chi connectivity index (χ0) is 17.9. The molecule has 24 heavy (non-hydrogen) atoms. The second-order valence-electron chi connectivity index (χ2n) is 7.10. The van der Waals surface area contributed by atoms with Crippen LogP contribution in [-0.4, -0.2) is 11.9 Å². The van der Waals surface area contributed by atoms with E-state index < -0.39 is 12.6 Å². The van der Waals surface area contributed by atoms with E-state index in [9.17, 15) is 13.2 Å². The van der Waals surface area contributed by atoms with E-state index in [-0.39, 0.29) is 0 Å². The van der Waals surface area contributed by atoms with Crippen molar-refractivity contribution < 1.29 is 13.2 Å². The zero-order valence-electron chi connectivity index (χ0n) is 15.5. The number of alkyl halides is 3. The van der Waals surface area contributed by atoms with Crippen molar-refractivity contribution in [3.8, 4) is 0 Å². The Morgan fingerprint density at radius 1 is 0.417 bits per heavy atom. The van der Waals surface area contributed by atoms with Crippen molar-refractivity contribution in [1.82, 2.24) is 0 Å². The molecule has 0 nitrogen and oxygen atoms in total. The summed E-state index contributed by atoms with van der Waals surface area (Å²) in [7, 11) is 0. The van der Waals surface area contributed by atoms with E-state index in [1.165, 1.54) is 83.5 Å². The molecule has 0 saturated heterocycles. The molecule has 0 atom stereocenters. The van der Waals surface area contributed by atoms with Gasteiger partial charge in [0, 0.05) is 6.42 Å². The molecule has 4 heteroatoms. The molecule has 0 aromatic rings. The first kappa shape index (κ1) is 24.1. The monoisotopic (exact) mass is 368 g/mol. The lowest BCUT2D eigenvalue weighted by Gasteiger charge is -2.05. The van der Waals surface area contributed by atoms with Crippen LogP contribution in [0.15, 0.2) is 0 Å². The maximum Gasteiger partial charge on any atom is 0.389 e. The summed E-state index contributed by atoms with van der Waals surface area (Å²) in [6, 6.07) is 0. The molecule has 0 heterocycles. The van der Waals surface area contributed by atoms with E-state index in [4.69, 9.17) is 0 Å². The van der Waals surface area contributed by atoms with E-state index >= 15 is 0 Å². The smallest absolute Gasteiger partial charge is 0.179 e. The number of unbranched alkanes of at least 4 members (excludes halogenated alkanes) is 16. The highest BCUT2D eigenvalue weighted by Crippen LogP contribution is 2.23. The lowest BCUT2D eigenvalue weighted by atomic mass is 10.0. The fourth-order valence-electron chi connectivity index (χ4n) is 3.09. The van der Waals surface area contributed by atoms with Gasteiger partial charge < -0.3 is 0 Å². The highest BCUT2D eigenvalue weighted by molar-refractivity contribution is 7.80. The summed E-state index contributed by atoms with van der Waals surface area (Å²) in [5.41, 5.74) is 0. The second-order valence-corrected chi connectivity index (χ2v) is 7.55. The van der Waals surface area contributed by atoms with Crippen LogP contribution in [0, 0.1) is 0 Å². The largest absolute Gasteiger partial charge is 0.389 e. The molecule has 0 N–H and O–H groups in total. The van der Waals surface area contributed by atoms with E-state index in [1.54, 1.807) is 0 Å². The zero-order valence-corrected chi connectivity index (χ0v) is 16.4. The van der Waals surface area contributed by atoms with Crippen molar-refractivity contribution >= 4 is 12.6 Å². The predicted octanol–water partition coefficient (Wildman–Crippen LogP) is 8.50. The van der Waals surface area contributed by atoms with Crippen molar-refractivity contribution in [2.24, 2.45) is 0 Å². The van der Waals surface area contributed by atoms with Crippen molar-refractivity contribution in [3.05, 3.63) is 0 Å². The van der Waals surface area contributed by atoms with Gasteiger partial charge in [-0.15, -0.1) is 0 Å². The summed E-state index contributed by atoms with van der Waals surface area (Å²) in [5.74, 6) is 1.03. The number of halogens is 3. The standard InChI is InChI=1S/C20H39F3S/c21-20(22,23)18-16-14-12-10-8-6-4-2-1-3-5-7-9-11-13-15-17-19-24/h24H,1-19H2. The molecule has 0 unspecified atom stereocenters. The maximum absolute atomic E-state index is 12.0. The highest BCUT2D eigenvalue weighted by atomic mass is 32.1. The SMILES string of the molecule is FC(F)(F)CCCCCCCCCCCCCCCCCCCS. The predicted molar refractivity (Wildman–Crippen MR) is 103 cm³/mol. The summed E-state index contributed by atoms with van der Waals surface area (Å²) in [6.07, 6.45) is 15.8. The Bertz CT molecular complexity index is 242. The molecule has 0 aromatic carbocycles. The number of hydrogen-bond donors (Lipinski definition) is 1. The third-order valence-electron chi connectivity index (χ3n) is 4.62. The molecule has 146 valence electrons. The van der Waals surface area contributed by atoms with E-state index in [0.717, 1.165) is 25.0 Å². The number of rotatable bonds is 18. The van der Waals surface area contributed by atoms with Gasteiger partial charge in [-0.3, -0.25) is 0 Å². The quantitative estimate of drug-likeness (QED) is 0.182. The van der Waals surface area contributed by atoms with Crippen LogP contribution in [0.5, 0.6) is 0 Å². The maximum atomic E-state index is 12.0. The van der Waals surface area contributed by atoms with Gasteiger partial charge in [-0.05, 0) is 18.6 Å². The van der Waals surface area contributed by atoms with Crippen molar-refractivity contribution in [1.29, 1.82) is 0 Å². The molecular weight excluding hydrogens is 329 g/mol. The van der Waals surface area contributed by atoms with Gasteiger partial charge in [0.05, 0.1) is 0 Å². The highest BCUT2D eigenvalue weighted by Gasteiger charge is 2.25. The van der Waals surface area contributed by atoms with Gasteiger partial charge in [0.1, 0.15) is 0 Å². The van der Waals surface area contributed by atoms with Crippen LogP contribution in [-0.2, 0) is 0 Å². The van der Waals surface area contributed by atoms with Gasteiger partial charge in [0.15, 0.2) is 0 Å². The molecule has 0 aliphatic heterocycles. The lowest BCUT2D eigenvalue weighted by molar-refractivity contribution is -0.135. The Labute approximate surface area is 153 Å². The molecule has 0 aliphatic carbocycles. The third-order valence-corrected chi connectivity index (χ3v) is 4.93. The van der Waals surface area contributed by atoms with E-state index in [1.807, 2.05) is 0 Å². The van der Waals surface area contributed by atoms with Crippen LogP contribution in [0.1, 0.15) is 116 Å². The van der Waals surface area contributed by atoms with Crippen LogP contribution >= 0.6 is 12.6 Å². The van der Waals surface area contributed by atoms with Crippen LogP contribution < -0.4 is 0 Å². The number of hydrogen-bond acceptors (Lipinski definition) is 1. The van der Waals surface area contributed by atoms with Crippen molar-refractivity contribution in [2.45, 2.75) is 122 Å². The van der Waals surface area contributed by atoms with Crippen LogP contribution in [0.2, 0.25) is 0 Å². The topological polar surface area (TPSA) is 0 Å². The Morgan fingerprint density at radius 3 is 0.917 bits per heavy atom. The normalized spacial score (nSPS) is 12.0. The molecule has 0 aliphatic rings. The molecule has 0 amide bonds. The molecule has 0 spiro atoms. The second kappa shape index (κ2) is 17.9. The van der Waals surface area contributed by atoms with Crippen LogP contribution in [0.4, 0.5) is 13.2 Å². The van der Waals surface area contributed by atoms with Crippen molar-refractivity contribution in [2.75, 3.05) is 5.75 Å². The first-order chi connectivity index (χ1) is 11.6. The van der Waals surface area contributed by atoms with Gasteiger partial charge in [0.25, 0.3) is 0 Å². The Balaban J connectivity index is 3.00.